The number of amides is 1. The van der Waals surface area contributed by atoms with Gasteiger partial charge in [-0.15, -0.1) is 6.58 Å². The van der Waals surface area contributed by atoms with E-state index in [2.05, 4.69) is 20.9 Å². The van der Waals surface area contributed by atoms with Crippen LogP contribution in [0, 0.1) is 0 Å². The first-order valence-corrected chi connectivity index (χ1v) is 6.85. The maximum absolute atomic E-state index is 11.2. The number of rotatable bonds is 7. The van der Waals surface area contributed by atoms with Crippen molar-refractivity contribution < 1.29 is 28.0 Å². The van der Waals surface area contributed by atoms with E-state index in [0.29, 0.717) is 0 Å². The van der Waals surface area contributed by atoms with Crippen LogP contribution in [0.2, 0.25) is 0 Å². The Morgan fingerprint density at radius 2 is 2.06 bits per heavy atom. The molecule has 1 unspecified atom stereocenters. The Balaban J connectivity index is 3.76. The normalized spacial score (nSPS) is 14.7. The Hall–Kier alpha value is -0.880. The minimum absolute atomic E-state index is 0.0386. The fraction of sp³-hybridized carbons (Fsp3) is 0.700. The number of phosphoric ester groups is 1. The molecule has 18 heavy (non-hydrogen) atoms. The van der Waals surface area contributed by atoms with E-state index in [-0.39, 0.29) is 19.8 Å². The van der Waals surface area contributed by atoms with Crippen molar-refractivity contribution in [3.8, 4) is 0 Å². The molecule has 0 spiro atoms. The van der Waals surface area contributed by atoms with Gasteiger partial charge in [-0.2, -0.15) is 0 Å². The lowest BCUT2D eigenvalue weighted by Gasteiger charge is -2.19. The van der Waals surface area contributed by atoms with Gasteiger partial charge in [0.1, 0.15) is 5.60 Å². The molecule has 0 bridgehead atoms. The second-order valence-corrected chi connectivity index (χ2v) is 5.77. The molecule has 0 aliphatic rings. The average Bonchev–Trinajstić information content (AvgIpc) is 2.19. The Morgan fingerprint density at radius 3 is 2.56 bits per heavy atom. The van der Waals surface area contributed by atoms with Gasteiger partial charge in [0.05, 0.1) is 13.2 Å². The summed E-state index contributed by atoms with van der Waals surface area (Å²) in [6.07, 6.45) is 0.705. The summed E-state index contributed by atoms with van der Waals surface area (Å²) in [5, 5.41) is 2.37. The number of alkyl carbamates (subject to hydrolysis) is 1. The summed E-state index contributed by atoms with van der Waals surface area (Å²) in [5.41, 5.74) is -0.593. The molecule has 0 fully saturated rings. The van der Waals surface area contributed by atoms with Gasteiger partial charge in [0, 0.05) is 6.54 Å². The van der Waals surface area contributed by atoms with Crippen LogP contribution in [0.3, 0.4) is 0 Å². The topological polar surface area (TPSA) is 94.1 Å². The van der Waals surface area contributed by atoms with E-state index in [1.807, 2.05) is 0 Å². The number of carbonyl (C=O) groups is 1. The van der Waals surface area contributed by atoms with Crippen LogP contribution < -0.4 is 5.32 Å². The van der Waals surface area contributed by atoms with Gasteiger partial charge in [-0.3, -0.25) is 9.05 Å². The van der Waals surface area contributed by atoms with Gasteiger partial charge < -0.3 is 14.9 Å². The molecular weight excluding hydrogens is 261 g/mol. The van der Waals surface area contributed by atoms with Gasteiger partial charge in [-0.05, 0) is 20.8 Å². The summed E-state index contributed by atoms with van der Waals surface area (Å²) in [6, 6.07) is 0. The second-order valence-electron chi connectivity index (χ2n) is 4.31. The van der Waals surface area contributed by atoms with Crippen molar-refractivity contribution >= 4 is 13.9 Å². The molecule has 0 saturated heterocycles. The van der Waals surface area contributed by atoms with Crippen LogP contribution in [0.4, 0.5) is 4.79 Å². The van der Waals surface area contributed by atoms with E-state index in [1.54, 1.807) is 20.8 Å². The number of hydrogen-bond acceptors (Lipinski definition) is 5. The van der Waals surface area contributed by atoms with Crippen molar-refractivity contribution in [2.24, 2.45) is 0 Å². The molecule has 2 N–H and O–H groups in total. The summed E-state index contributed by atoms with van der Waals surface area (Å²) >= 11 is 0. The van der Waals surface area contributed by atoms with Crippen LogP contribution in [0.15, 0.2) is 12.7 Å². The molecule has 0 aromatic carbocycles. The first-order valence-electron chi connectivity index (χ1n) is 5.36. The summed E-state index contributed by atoms with van der Waals surface area (Å²) in [6.45, 7) is 8.31. The van der Waals surface area contributed by atoms with E-state index in [9.17, 15) is 9.36 Å². The molecule has 0 aromatic heterocycles. The fourth-order valence-electron chi connectivity index (χ4n) is 0.812. The lowest BCUT2D eigenvalue weighted by molar-refractivity contribution is 0.0513. The molecule has 0 heterocycles. The smallest absolute Gasteiger partial charge is 0.444 e. The van der Waals surface area contributed by atoms with Crippen molar-refractivity contribution in [3.05, 3.63) is 12.7 Å². The monoisotopic (exact) mass is 281 g/mol. The molecule has 7 nitrogen and oxygen atoms in total. The maximum atomic E-state index is 11.2. The molecular formula is C10H20NO6P. The van der Waals surface area contributed by atoms with E-state index < -0.39 is 19.5 Å². The molecule has 0 rings (SSSR count). The van der Waals surface area contributed by atoms with Gasteiger partial charge in [-0.1, -0.05) is 6.08 Å². The van der Waals surface area contributed by atoms with Crippen LogP contribution in [-0.4, -0.2) is 36.3 Å². The SMILES string of the molecule is C=CCOP(=O)(O)OCCNC(=O)OC(C)(C)C. The first kappa shape index (κ1) is 17.1. The minimum atomic E-state index is -4.07. The third-order valence-corrected chi connectivity index (χ3v) is 2.36. The lowest BCUT2D eigenvalue weighted by atomic mass is 10.2. The summed E-state index contributed by atoms with van der Waals surface area (Å²) in [5.74, 6) is 0. The predicted molar refractivity (Wildman–Crippen MR) is 66.2 cm³/mol. The number of carbonyl (C=O) groups excluding carboxylic acids is 1. The Labute approximate surface area is 107 Å². The third-order valence-electron chi connectivity index (χ3n) is 1.38. The number of hydrogen-bond donors (Lipinski definition) is 2. The van der Waals surface area contributed by atoms with E-state index in [4.69, 9.17) is 9.63 Å². The van der Waals surface area contributed by atoms with Crippen LogP contribution in [0.1, 0.15) is 20.8 Å². The minimum Gasteiger partial charge on any atom is -0.444 e. The molecule has 0 aliphatic carbocycles. The average molecular weight is 281 g/mol. The Bertz CT molecular complexity index is 325. The zero-order chi connectivity index (χ0) is 14.2. The zero-order valence-corrected chi connectivity index (χ0v) is 11.7. The number of phosphoric acid groups is 1. The number of nitrogens with one attached hydrogen (secondary N) is 1. The molecule has 0 aromatic rings. The van der Waals surface area contributed by atoms with E-state index in [1.165, 1.54) is 6.08 Å². The van der Waals surface area contributed by atoms with E-state index >= 15 is 0 Å². The highest BCUT2D eigenvalue weighted by atomic mass is 31.2. The first-order chi connectivity index (χ1) is 8.16. The summed E-state index contributed by atoms with van der Waals surface area (Å²) in [7, 11) is -4.07. The van der Waals surface area contributed by atoms with Crippen molar-refractivity contribution in [1.82, 2.24) is 5.32 Å². The van der Waals surface area contributed by atoms with Gasteiger partial charge in [-0.25, -0.2) is 9.36 Å². The van der Waals surface area contributed by atoms with Crippen molar-refractivity contribution in [2.75, 3.05) is 19.8 Å². The van der Waals surface area contributed by atoms with Gasteiger partial charge >= 0.3 is 13.9 Å². The molecule has 1 amide bonds. The predicted octanol–water partition coefficient (Wildman–Crippen LogP) is 1.83. The molecule has 0 saturated carbocycles. The highest BCUT2D eigenvalue weighted by Gasteiger charge is 2.20. The Morgan fingerprint density at radius 1 is 1.44 bits per heavy atom. The van der Waals surface area contributed by atoms with Gasteiger partial charge in [0.2, 0.25) is 0 Å². The highest BCUT2D eigenvalue weighted by Crippen LogP contribution is 2.42. The number of ether oxygens (including phenoxy) is 1. The standard InChI is InChI=1S/C10H20NO6P/c1-5-7-15-18(13,14)16-8-6-11-9(12)17-10(2,3)4/h5H,1,6-8H2,2-4H3,(H,11,12)(H,13,14). The summed E-state index contributed by atoms with van der Waals surface area (Å²) < 4.78 is 25.2. The summed E-state index contributed by atoms with van der Waals surface area (Å²) in [4.78, 5) is 20.3. The fourth-order valence-corrected chi connectivity index (χ4v) is 1.50. The van der Waals surface area contributed by atoms with Crippen LogP contribution in [0.25, 0.3) is 0 Å². The van der Waals surface area contributed by atoms with Crippen molar-refractivity contribution in [1.29, 1.82) is 0 Å². The van der Waals surface area contributed by atoms with Crippen LogP contribution in [0.5, 0.6) is 0 Å². The molecule has 0 aliphatic heterocycles. The molecule has 1 atom stereocenters. The molecule has 8 heteroatoms. The second kappa shape index (κ2) is 7.53. The largest absolute Gasteiger partial charge is 0.472 e. The zero-order valence-electron chi connectivity index (χ0n) is 10.8. The lowest BCUT2D eigenvalue weighted by Crippen LogP contribution is -2.34. The van der Waals surface area contributed by atoms with Gasteiger partial charge in [0.15, 0.2) is 0 Å². The third kappa shape index (κ3) is 10.3. The van der Waals surface area contributed by atoms with Crippen LogP contribution >= 0.6 is 7.82 Å². The van der Waals surface area contributed by atoms with Crippen molar-refractivity contribution in [3.63, 3.8) is 0 Å². The van der Waals surface area contributed by atoms with Gasteiger partial charge in [0.25, 0.3) is 0 Å². The molecule has 0 radical (unpaired) electrons. The van der Waals surface area contributed by atoms with Crippen LogP contribution in [-0.2, 0) is 18.3 Å². The highest BCUT2D eigenvalue weighted by molar-refractivity contribution is 7.47. The van der Waals surface area contributed by atoms with Crippen molar-refractivity contribution in [2.45, 2.75) is 26.4 Å². The maximum Gasteiger partial charge on any atom is 0.472 e. The molecule has 106 valence electrons. The van der Waals surface area contributed by atoms with E-state index in [0.717, 1.165) is 0 Å². The Kier molecular flexibility index (Phi) is 7.16. The quantitative estimate of drug-likeness (QED) is 0.420.